The van der Waals surface area contributed by atoms with Crippen molar-refractivity contribution >= 4 is 5.69 Å². The number of nitrogens with zero attached hydrogens (tertiary/aromatic N) is 1. The molecular weight excluding hydrogens is 224 g/mol. The molecule has 1 heterocycles. The highest BCUT2D eigenvalue weighted by molar-refractivity contribution is 5.58. The quantitative estimate of drug-likeness (QED) is 0.805. The van der Waals surface area contributed by atoms with E-state index in [0.717, 1.165) is 26.1 Å². The van der Waals surface area contributed by atoms with Crippen LogP contribution in [0.1, 0.15) is 24.5 Å². The van der Waals surface area contributed by atoms with Gasteiger partial charge in [-0.05, 0) is 42.5 Å². The van der Waals surface area contributed by atoms with E-state index in [4.69, 9.17) is 5.11 Å². The Morgan fingerprint density at radius 1 is 1.44 bits per heavy atom. The fourth-order valence-corrected chi connectivity index (χ4v) is 2.52. The molecule has 18 heavy (non-hydrogen) atoms. The van der Waals surface area contributed by atoms with Gasteiger partial charge < -0.3 is 15.3 Å². The molecule has 0 bridgehead atoms. The van der Waals surface area contributed by atoms with Gasteiger partial charge >= 0.3 is 0 Å². The Hall–Kier alpha value is -1.06. The molecule has 0 amide bonds. The lowest BCUT2D eigenvalue weighted by atomic mass is 10.1. The number of rotatable bonds is 6. The summed E-state index contributed by atoms with van der Waals surface area (Å²) in [5, 5.41) is 12.3. The van der Waals surface area contributed by atoms with Crippen molar-refractivity contribution in [2.75, 3.05) is 31.6 Å². The predicted molar refractivity (Wildman–Crippen MR) is 76.0 cm³/mol. The number of aliphatic hydroxyl groups is 1. The Morgan fingerprint density at radius 2 is 2.28 bits per heavy atom. The first-order valence-corrected chi connectivity index (χ1v) is 6.85. The molecule has 1 unspecified atom stereocenters. The maximum Gasteiger partial charge on any atom is 0.0434 e. The zero-order valence-electron chi connectivity index (χ0n) is 11.4. The van der Waals surface area contributed by atoms with Gasteiger partial charge in [-0.1, -0.05) is 19.1 Å². The highest BCUT2D eigenvalue weighted by Crippen LogP contribution is 2.27. The van der Waals surface area contributed by atoms with Gasteiger partial charge in [-0.15, -0.1) is 0 Å². The van der Waals surface area contributed by atoms with Crippen molar-refractivity contribution in [2.45, 2.75) is 26.3 Å². The van der Waals surface area contributed by atoms with Gasteiger partial charge in [-0.2, -0.15) is 0 Å². The summed E-state index contributed by atoms with van der Waals surface area (Å²) in [6.45, 7) is 5.49. The van der Waals surface area contributed by atoms with Crippen molar-refractivity contribution < 1.29 is 5.11 Å². The van der Waals surface area contributed by atoms with Crippen LogP contribution in [0.2, 0.25) is 0 Å². The molecule has 0 aliphatic carbocycles. The number of hydrogen-bond donors (Lipinski definition) is 2. The normalized spacial score (nSPS) is 15.8. The Labute approximate surface area is 110 Å². The molecule has 1 aliphatic heterocycles. The van der Waals surface area contributed by atoms with Crippen molar-refractivity contribution in [2.24, 2.45) is 5.92 Å². The minimum absolute atomic E-state index is 0.286. The molecule has 3 nitrogen and oxygen atoms in total. The van der Waals surface area contributed by atoms with Crippen LogP contribution in [0.5, 0.6) is 0 Å². The minimum Gasteiger partial charge on any atom is -0.396 e. The van der Waals surface area contributed by atoms with E-state index in [0.29, 0.717) is 5.92 Å². The SMILES string of the molecule is CC(CCO)CNCc1ccc2c(c1)CCN2C. The number of nitrogens with one attached hydrogen (secondary N) is 1. The van der Waals surface area contributed by atoms with E-state index >= 15 is 0 Å². The van der Waals surface area contributed by atoms with Gasteiger partial charge in [0.25, 0.3) is 0 Å². The fourth-order valence-electron chi connectivity index (χ4n) is 2.52. The monoisotopic (exact) mass is 248 g/mol. The lowest BCUT2D eigenvalue weighted by Crippen LogP contribution is -2.21. The number of likely N-dealkylation sites (N-methyl/N-ethyl adjacent to an activating group) is 1. The van der Waals surface area contributed by atoms with Crippen molar-refractivity contribution in [1.29, 1.82) is 0 Å². The third-order valence-corrected chi connectivity index (χ3v) is 3.72. The maximum absolute atomic E-state index is 8.85. The number of aliphatic hydroxyl groups excluding tert-OH is 1. The molecule has 1 atom stereocenters. The Bertz CT molecular complexity index is 392. The predicted octanol–water partition coefficient (Wildman–Crippen LogP) is 1.79. The van der Waals surface area contributed by atoms with Gasteiger partial charge in [-0.3, -0.25) is 0 Å². The van der Waals surface area contributed by atoms with E-state index in [9.17, 15) is 0 Å². The molecule has 3 heteroatoms. The number of benzene rings is 1. The average Bonchev–Trinajstić information content (AvgIpc) is 2.71. The molecular formula is C15H24N2O. The van der Waals surface area contributed by atoms with Crippen LogP contribution in [0.25, 0.3) is 0 Å². The average molecular weight is 248 g/mol. The van der Waals surface area contributed by atoms with Gasteiger partial charge in [0.2, 0.25) is 0 Å². The minimum atomic E-state index is 0.286. The fraction of sp³-hybridized carbons (Fsp3) is 0.600. The van der Waals surface area contributed by atoms with E-state index in [-0.39, 0.29) is 6.61 Å². The first-order valence-electron chi connectivity index (χ1n) is 6.85. The third kappa shape index (κ3) is 3.24. The summed E-state index contributed by atoms with van der Waals surface area (Å²) in [4.78, 5) is 2.32. The van der Waals surface area contributed by atoms with E-state index in [1.54, 1.807) is 0 Å². The highest BCUT2D eigenvalue weighted by Gasteiger charge is 2.15. The highest BCUT2D eigenvalue weighted by atomic mass is 16.3. The smallest absolute Gasteiger partial charge is 0.0434 e. The van der Waals surface area contributed by atoms with Crippen LogP contribution >= 0.6 is 0 Å². The van der Waals surface area contributed by atoms with E-state index in [1.807, 2.05) is 0 Å². The largest absolute Gasteiger partial charge is 0.396 e. The van der Waals surface area contributed by atoms with Crippen molar-refractivity contribution in [3.05, 3.63) is 29.3 Å². The summed E-state index contributed by atoms with van der Waals surface area (Å²) in [6.07, 6.45) is 2.04. The van der Waals surface area contributed by atoms with Gasteiger partial charge in [0.1, 0.15) is 0 Å². The summed E-state index contributed by atoms with van der Waals surface area (Å²) < 4.78 is 0. The number of anilines is 1. The van der Waals surface area contributed by atoms with Crippen LogP contribution in [0.4, 0.5) is 5.69 Å². The van der Waals surface area contributed by atoms with Crippen LogP contribution in [-0.4, -0.2) is 31.9 Å². The lowest BCUT2D eigenvalue weighted by molar-refractivity contribution is 0.260. The summed E-state index contributed by atoms with van der Waals surface area (Å²) in [5.41, 5.74) is 4.22. The molecule has 0 fully saturated rings. The second-order valence-electron chi connectivity index (χ2n) is 5.38. The van der Waals surface area contributed by atoms with Crippen LogP contribution in [0.15, 0.2) is 18.2 Å². The molecule has 0 saturated heterocycles. The zero-order chi connectivity index (χ0) is 13.0. The van der Waals surface area contributed by atoms with Crippen LogP contribution in [-0.2, 0) is 13.0 Å². The molecule has 0 aromatic heterocycles. The molecule has 2 rings (SSSR count). The Balaban J connectivity index is 1.84. The van der Waals surface area contributed by atoms with Crippen molar-refractivity contribution in [3.8, 4) is 0 Å². The molecule has 100 valence electrons. The summed E-state index contributed by atoms with van der Waals surface area (Å²) >= 11 is 0. The molecule has 1 aliphatic rings. The van der Waals surface area contributed by atoms with Gasteiger partial charge in [0, 0.05) is 32.4 Å². The van der Waals surface area contributed by atoms with E-state index in [1.165, 1.54) is 23.2 Å². The van der Waals surface area contributed by atoms with Crippen LogP contribution < -0.4 is 10.2 Å². The maximum atomic E-state index is 8.85. The van der Waals surface area contributed by atoms with Crippen molar-refractivity contribution in [3.63, 3.8) is 0 Å². The lowest BCUT2D eigenvalue weighted by Gasteiger charge is -2.13. The van der Waals surface area contributed by atoms with Gasteiger partial charge in [0.15, 0.2) is 0 Å². The second kappa shape index (κ2) is 6.21. The molecule has 0 radical (unpaired) electrons. The molecule has 0 spiro atoms. The molecule has 0 saturated carbocycles. The first-order chi connectivity index (χ1) is 8.70. The molecule has 2 N–H and O–H groups in total. The Kier molecular flexibility index (Phi) is 4.61. The number of hydrogen-bond acceptors (Lipinski definition) is 3. The van der Waals surface area contributed by atoms with Gasteiger partial charge in [-0.25, -0.2) is 0 Å². The number of fused-ring (bicyclic) bond motifs is 1. The van der Waals surface area contributed by atoms with Crippen molar-refractivity contribution in [1.82, 2.24) is 5.32 Å². The molecule has 1 aromatic rings. The van der Waals surface area contributed by atoms with Crippen LogP contribution in [0.3, 0.4) is 0 Å². The standard InChI is InChI=1S/C15H24N2O/c1-12(6-8-18)10-16-11-13-3-4-15-14(9-13)5-7-17(15)2/h3-4,9,12,16,18H,5-8,10-11H2,1-2H3. The van der Waals surface area contributed by atoms with Crippen LogP contribution in [0, 0.1) is 5.92 Å². The first kappa shape index (κ1) is 13.4. The zero-order valence-corrected chi connectivity index (χ0v) is 11.4. The summed E-state index contributed by atoms with van der Waals surface area (Å²) in [5.74, 6) is 0.538. The van der Waals surface area contributed by atoms with E-state index in [2.05, 4.69) is 42.4 Å². The Morgan fingerprint density at radius 3 is 3.06 bits per heavy atom. The third-order valence-electron chi connectivity index (χ3n) is 3.72. The molecule has 1 aromatic carbocycles. The summed E-state index contributed by atoms with van der Waals surface area (Å²) in [7, 11) is 2.15. The summed E-state index contributed by atoms with van der Waals surface area (Å²) in [6, 6.07) is 6.77. The van der Waals surface area contributed by atoms with Gasteiger partial charge in [0.05, 0.1) is 0 Å². The van der Waals surface area contributed by atoms with E-state index < -0.39 is 0 Å². The topological polar surface area (TPSA) is 35.5 Å². The second-order valence-corrected chi connectivity index (χ2v) is 5.38.